The lowest BCUT2D eigenvalue weighted by atomic mass is 9.97. The lowest BCUT2D eigenvalue weighted by molar-refractivity contribution is -0.133. The zero-order valence-corrected chi connectivity index (χ0v) is 14.9. The number of benzene rings is 1. The number of urea groups is 1. The molecule has 2 aliphatic rings. The van der Waals surface area contributed by atoms with Crippen LogP contribution in [0.3, 0.4) is 0 Å². The fraction of sp³-hybridized carbons (Fsp3) is 0.579. The molecule has 0 spiro atoms. The molecule has 1 unspecified atom stereocenters. The van der Waals surface area contributed by atoms with Crippen LogP contribution in [0, 0.1) is 0 Å². The minimum absolute atomic E-state index is 0.0769. The predicted molar refractivity (Wildman–Crippen MR) is 95.4 cm³/mol. The molecule has 0 radical (unpaired) electrons. The van der Waals surface area contributed by atoms with Crippen LogP contribution in [0.25, 0.3) is 0 Å². The molecule has 1 aromatic rings. The molecule has 1 atom stereocenters. The van der Waals surface area contributed by atoms with E-state index in [2.05, 4.69) is 19.1 Å². The third kappa shape index (κ3) is 4.51. The number of morpholine rings is 1. The third-order valence-corrected chi connectivity index (χ3v) is 5.03. The first-order valence-corrected chi connectivity index (χ1v) is 9.09. The number of nitrogens with zero attached hydrogens (tertiary/aromatic N) is 3. The van der Waals surface area contributed by atoms with Gasteiger partial charge in [0.1, 0.15) is 0 Å². The summed E-state index contributed by atoms with van der Waals surface area (Å²) >= 11 is 0. The van der Waals surface area contributed by atoms with Crippen molar-refractivity contribution >= 4 is 11.9 Å². The van der Waals surface area contributed by atoms with Crippen molar-refractivity contribution in [2.45, 2.75) is 19.3 Å². The summed E-state index contributed by atoms with van der Waals surface area (Å²) in [5.74, 6) is 0.386. The Morgan fingerprint density at radius 3 is 2.12 bits per heavy atom. The Bertz CT molecular complexity index is 579. The van der Waals surface area contributed by atoms with E-state index < -0.39 is 0 Å². The van der Waals surface area contributed by atoms with E-state index in [0.717, 1.165) is 0 Å². The van der Waals surface area contributed by atoms with Gasteiger partial charge >= 0.3 is 6.03 Å². The summed E-state index contributed by atoms with van der Waals surface area (Å²) < 4.78 is 5.29. The topological polar surface area (TPSA) is 53.1 Å². The van der Waals surface area contributed by atoms with Gasteiger partial charge in [0.2, 0.25) is 5.91 Å². The van der Waals surface area contributed by atoms with Crippen LogP contribution in [0.5, 0.6) is 0 Å². The Balaban J connectivity index is 1.46. The third-order valence-electron chi connectivity index (χ3n) is 5.03. The van der Waals surface area contributed by atoms with E-state index in [0.29, 0.717) is 58.9 Å². The Hall–Kier alpha value is -2.08. The highest BCUT2D eigenvalue weighted by Gasteiger charge is 2.28. The Morgan fingerprint density at radius 2 is 1.48 bits per heavy atom. The molecule has 2 saturated heterocycles. The minimum Gasteiger partial charge on any atom is -0.378 e. The predicted octanol–water partition coefficient (Wildman–Crippen LogP) is 1.78. The average Bonchev–Trinajstić information content (AvgIpc) is 2.69. The highest BCUT2D eigenvalue weighted by Crippen LogP contribution is 2.20. The highest BCUT2D eigenvalue weighted by molar-refractivity contribution is 5.78. The molecule has 6 nitrogen and oxygen atoms in total. The molecule has 0 saturated carbocycles. The van der Waals surface area contributed by atoms with E-state index in [-0.39, 0.29) is 17.9 Å². The molecule has 3 amide bonds. The standard InChI is InChI=1S/C19H27N3O3/c1-16(17-5-3-2-4-6-17)15-18(23)20-7-9-21(10-8-20)19(24)22-11-13-25-14-12-22/h2-6,16H,7-15H2,1H3. The first kappa shape index (κ1) is 17.7. The molecular weight excluding hydrogens is 318 g/mol. The van der Waals surface area contributed by atoms with Gasteiger partial charge in [-0.3, -0.25) is 4.79 Å². The molecule has 3 rings (SSSR count). The van der Waals surface area contributed by atoms with Gasteiger partial charge in [-0.05, 0) is 11.5 Å². The monoisotopic (exact) mass is 345 g/mol. The summed E-state index contributed by atoms with van der Waals surface area (Å²) in [6.07, 6.45) is 0.515. The van der Waals surface area contributed by atoms with Crippen LogP contribution in [-0.2, 0) is 9.53 Å². The van der Waals surface area contributed by atoms with Gasteiger partial charge in [-0.25, -0.2) is 4.79 Å². The number of ether oxygens (including phenoxy) is 1. The van der Waals surface area contributed by atoms with Gasteiger partial charge in [0.15, 0.2) is 0 Å². The number of carbonyl (C=O) groups excluding carboxylic acids is 2. The van der Waals surface area contributed by atoms with Crippen molar-refractivity contribution in [2.24, 2.45) is 0 Å². The fourth-order valence-corrected chi connectivity index (χ4v) is 3.39. The molecular formula is C19H27N3O3. The Labute approximate surface area is 149 Å². The Kier molecular flexibility index (Phi) is 5.91. The molecule has 2 fully saturated rings. The summed E-state index contributed by atoms with van der Waals surface area (Å²) in [6.45, 7) is 7.10. The summed E-state index contributed by atoms with van der Waals surface area (Å²) in [7, 11) is 0. The molecule has 0 aromatic heterocycles. The zero-order chi connectivity index (χ0) is 17.6. The lowest BCUT2D eigenvalue weighted by Crippen LogP contribution is -2.55. The van der Waals surface area contributed by atoms with Crippen LogP contribution in [0.1, 0.15) is 24.8 Å². The van der Waals surface area contributed by atoms with Crippen LogP contribution in [0.15, 0.2) is 30.3 Å². The van der Waals surface area contributed by atoms with Crippen molar-refractivity contribution in [2.75, 3.05) is 52.5 Å². The summed E-state index contributed by atoms with van der Waals surface area (Å²) in [4.78, 5) is 30.6. The lowest BCUT2D eigenvalue weighted by Gasteiger charge is -2.38. The Morgan fingerprint density at radius 1 is 0.920 bits per heavy atom. The fourth-order valence-electron chi connectivity index (χ4n) is 3.39. The van der Waals surface area contributed by atoms with Crippen LogP contribution in [-0.4, -0.2) is 79.1 Å². The van der Waals surface area contributed by atoms with Crippen LogP contribution >= 0.6 is 0 Å². The molecule has 0 N–H and O–H groups in total. The number of rotatable bonds is 3. The molecule has 25 heavy (non-hydrogen) atoms. The maximum absolute atomic E-state index is 12.6. The number of amides is 3. The molecule has 0 bridgehead atoms. The summed E-state index contributed by atoms with van der Waals surface area (Å²) in [5, 5.41) is 0. The zero-order valence-electron chi connectivity index (χ0n) is 14.9. The van der Waals surface area contributed by atoms with Crippen molar-refractivity contribution in [3.05, 3.63) is 35.9 Å². The van der Waals surface area contributed by atoms with Crippen LogP contribution in [0.4, 0.5) is 4.79 Å². The van der Waals surface area contributed by atoms with E-state index in [1.54, 1.807) is 0 Å². The quantitative estimate of drug-likeness (QED) is 0.839. The van der Waals surface area contributed by atoms with Crippen LogP contribution < -0.4 is 0 Å². The van der Waals surface area contributed by atoms with Gasteiger partial charge in [-0.1, -0.05) is 37.3 Å². The molecule has 136 valence electrons. The second kappa shape index (κ2) is 8.34. The number of carbonyl (C=O) groups is 2. The van der Waals surface area contributed by atoms with Gasteiger partial charge in [0.05, 0.1) is 13.2 Å². The van der Waals surface area contributed by atoms with Crippen molar-refractivity contribution in [3.8, 4) is 0 Å². The maximum Gasteiger partial charge on any atom is 0.320 e. The molecule has 2 heterocycles. The molecule has 1 aromatic carbocycles. The van der Waals surface area contributed by atoms with E-state index >= 15 is 0 Å². The first-order chi connectivity index (χ1) is 12.1. The average molecular weight is 345 g/mol. The van der Waals surface area contributed by atoms with Gasteiger partial charge < -0.3 is 19.4 Å². The second-order valence-corrected chi connectivity index (χ2v) is 6.77. The maximum atomic E-state index is 12.6. The molecule has 0 aliphatic carbocycles. The molecule has 2 aliphatic heterocycles. The number of piperazine rings is 1. The van der Waals surface area contributed by atoms with Crippen molar-refractivity contribution in [1.29, 1.82) is 0 Å². The van der Waals surface area contributed by atoms with Gasteiger partial charge in [0.25, 0.3) is 0 Å². The van der Waals surface area contributed by atoms with E-state index in [9.17, 15) is 9.59 Å². The minimum atomic E-state index is 0.0769. The van der Waals surface area contributed by atoms with Crippen molar-refractivity contribution in [1.82, 2.24) is 14.7 Å². The molecule has 6 heteroatoms. The summed E-state index contributed by atoms with van der Waals surface area (Å²) in [5.41, 5.74) is 1.19. The van der Waals surface area contributed by atoms with Gasteiger partial charge in [-0.2, -0.15) is 0 Å². The van der Waals surface area contributed by atoms with Crippen molar-refractivity contribution < 1.29 is 14.3 Å². The van der Waals surface area contributed by atoms with Gasteiger partial charge in [-0.15, -0.1) is 0 Å². The second-order valence-electron chi connectivity index (χ2n) is 6.77. The number of hydrogen-bond acceptors (Lipinski definition) is 3. The highest BCUT2D eigenvalue weighted by atomic mass is 16.5. The van der Waals surface area contributed by atoms with E-state index in [4.69, 9.17) is 4.74 Å². The van der Waals surface area contributed by atoms with Gasteiger partial charge in [0, 0.05) is 45.7 Å². The van der Waals surface area contributed by atoms with E-state index in [1.165, 1.54) is 5.56 Å². The SMILES string of the molecule is CC(CC(=O)N1CCN(C(=O)N2CCOCC2)CC1)c1ccccc1. The number of hydrogen-bond donors (Lipinski definition) is 0. The van der Waals surface area contributed by atoms with Crippen molar-refractivity contribution in [3.63, 3.8) is 0 Å². The smallest absolute Gasteiger partial charge is 0.320 e. The first-order valence-electron chi connectivity index (χ1n) is 9.09. The largest absolute Gasteiger partial charge is 0.378 e. The summed E-state index contributed by atoms with van der Waals surface area (Å²) in [6, 6.07) is 10.2. The van der Waals surface area contributed by atoms with E-state index in [1.807, 2.05) is 32.9 Å². The van der Waals surface area contributed by atoms with Crippen LogP contribution in [0.2, 0.25) is 0 Å². The normalized spacial score (nSPS) is 19.6.